The SMILES string of the molecule is CC(CC(F)(F)F)NCc1ccc2c(c1)CCN2. The first-order valence-electron chi connectivity index (χ1n) is 6.10. The van der Waals surface area contributed by atoms with E-state index >= 15 is 0 Å². The fraction of sp³-hybridized carbons (Fsp3) is 0.538. The Labute approximate surface area is 105 Å². The van der Waals surface area contributed by atoms with Crippen LogP contribution in [0.15, 0.2) is 18.2 Å². The van der Waals surface area contributed by atoms with Gasteiger partial charge >= 0.3 is 6.18 Å². The lowest BCUT2D eigenvalue weighted by atomic mass is 10.1. The van der Waals surface area contributed by atoms with Crippen molar-refractivity contribution < 1.29 is 13.2 Å². The van der Waals surface area contributed by atoms with Gasteiger partial charge in [-0.25, -0.2) is 0 Å². The number of alkyl halides is 3. The molecule has 1 unspecified atom stereocenters. The Morgan fingerprint density at radius 3 is 2.89 bits per heavy atom. The summed E-state index contributed by atoms with van der Waals surface area (Å²) in [6, 6.07) is 5.44. The molecule has 1 aromatic rings. The van der Waals surface area contributed by atoms with E-state index in [1.54, 1.807) is 6.92 Å². The van der Waals surface area contributed by atoms with Gasteiger partial charge < -0.3 is 10.6 Å². The fourth-order valence-corrected chi connectivity index (χ4v) is 2.18. The molecular weight excluding hydrogens is 241 g/mol. The van der Waals surface area contributed by atoms with Crippen LogP contribution in [0.3, 0.4) is 0 Å². The Hall–Kier alpha value is -1.23. The average molecular weight is 258 g/mol. The summed E-state index contributed by atoms with van der Waals surface area (Å²) < 4.78 is 36.5. The smallest absolute Gasteiger partial charge is 0.384 e. The molecule has 0 radical (unpaired) electrons. The maximum absolute atomic E-state index is 12.2. The molecule has 0 saturated carbocycles. The Morgan fingerprint density at radius 1 is 1.39 bits per heavy atom. The molecule has 0 spiro atoms. The van der Waals surface area contributed by atoms with Crippen LogP contribution in [0.2, 0.25) is 0 Å². The molecule has 2 N–H and O–H groups in total. The lowest BCUT2D eigenvalue weighted by Crippen LogP contribution is -2.30. The van der Waals surface area contributed by atoms with Crippen molar-refractivity contribution in [2.24, 2.45) is 0 Å². The van der Waals surface area contributed by atoms with Crippen LogP contribution in [0.5, 0.6) is 0 Å². The quantitative estimate of drug-likeness (QED) is 0.867. The van der Waals surface area contributed by atoms with Crippen molar-refractivity contribution in [3.63, 3.8) is 0 Å². The van der Waals surface area contributed by atoms with Crippen LogP contribution in [0.4, 0.5) is 18.9 Å². The van der Waals surface area contributed by atoms with Gasteiger partial charge in [-0.1, -0.05) is 12.1 Å². The molecule has 1 aliphatic rings. The Bertz CT molecular complexity index is 415. The van der Waals surface area contributed by atoms with E-state index in [0.717, 1.165) is 24.2 Å². The van der Waals surface area contributed by atoms with E-state index in [9.17, 15) is 13.2 Å². The van der Waals surface area contributed by atoms with Gasteiger partial charge in [0.2, 0.25) is 0 Å². The summed E-state index contributed by atoms with van der Waals surface area (Å²) in [6.45, 7) is 2.98. The summed E-state index contributed by atoms with van der Waals surface area (Å²) >= 11 is 0. The number of fused-ring (bicyclic) bond motifs is 1. The number of hydrogen-bond acceptors (Lipinski definition) is 2. The maximum Gasteiger partial charge on any atom is 0.390 e. The Morgan fingerprint density at radius 2 is 2.17 bits per heavy atom. The molecule has 2 nitrogen and oxygen atoms in total. The summed E-state index contributed by atoms with van der Waals surface area (Å²) in [5.74, 6) is 0. The Kier molecular flexibility index (Phi) is 3.80. The second kappa shape index (κ2) is 5.18. The molecule has 2 rings (SSSR count). The minimum absolute atomic E-state index is 0.477. The number of benzene rings is 1. The van der Waals surface area contributed by atoms with Gasteiger partial charge in [0.15, 0.2) is 0 Å². The van der Waals surface area contributed by atoms with Crippen LogP contribution in [-0.4, -0.2) is 18.8 Å². The fourth-order valence-electron chi connectivity index (χ4n) is 2.18. The maximum atomic E-state index is 12.2. The first-order valence-corrected chi connectivity index (χ1v) is 6.10. The van der Waals surface area contributed by atoms with Crippen molar-refractivity contribution in [2.45, 2.75) is 38.5 Å². The zero-order valence-corrected chi connectivity index (χ0v) is 10.3. The Balaban J connectivity index is 1.87. The van der Waals surface area contributed by atoms with E-state index < -0.39 is 18.6 Å². The zero-order chi connectivity index (χ0) is 13.2. The zero-order valence-electron chi connectivity index (χ0n) is 10.3. The minimum atomic E-state index is -4.10. The van der Waals surface area contributed by atoms with Crippen molar-refractivity contribution >= 4 is 5.69 Å². The molecule has 0 fully saturated rings. The second-order valence-corrected chi connectivity index (χ2v) is 4.77. The number of halogens is 3. The third-order valence-corrected chi connectivity index (χ3v) is 3.07. The lowest BCUT2D eigenvalue weighted by molar-refractivity contribution is -0.139. The van der Waals surface area contributed by atoms with Gasteiger partial charge in [-0.15, -0.1) is 0 Å². The van der Waals surface area contributed by atoms with Gasteiger partial charge in [-0.3, -0.25) is 0 Å². The molecule has 1 aliphatic heterocycles. The van der Waals surface area contributed by atoms with Gasteiger partial charge in [-0.05, 0) is 30.5 Å². The summed E-state index contributed by atoms with van der Waals surface area (Å²) in [7, 11) is 0. The first kappa shape index (κ1) is 13.2. The molecule has 0 saturated heterocycles. The van der Waals surface area contributed by atoms with E-state index in [0.29, 0.717) is 6.54 Å². The molecule has 0 bridgehead atoms. The van der Waals surface area contributed by atoms with Crippen molar-refractivity contribution in [1.82, 2.24) is 5.32 Å². The topological polar surface area (TPSA) is 24.1 Å². The van der Waals surface area contributed by atoms with Crippen molar-refractivity contribution in [2.75, 3.05) is 11.9 Å². The van der Waals surface area contributed by atoms with Crippen LogP contribution in [0, 0.1) is 0 Å². The molecule has 18 heavy (non-hydrogen) atoms. The standard InChI is InChI=1S/C13H17F3N2/c1-9(7-13(14,15)16)18-8-10-2-3-12-11(6-10)4-5-17-12/h2-3,6,9,17-18H,4-5,7-8H2,1H3. The number of anilines is 1. The highest BCUT2D eigenvalue weighted by atomic mass is 19.4. The van der Waals surface area contributed by atoms with Crippen LogP contribution in [-0.2, 0) is 13.0 Å². The summed E-state index contributed by atoms with van der Waals surface area (Å²) in [6.07, 6.45) is -3.91. The van der Waals surface area contributed by atoms with E-state index in [1.165, 1.54) is 5.56 Å². The molecule has 0 aliphatic carbocycles. The molecular formula is C13H17F3N2. The molecule has 0 amide bonds. The van der Waals surface area contributed by atoms with Gasteiger partial charge in [0, 0.05) is 24.8 Å². The highest BCUT2D eigenvalue weighted by molar-refractivity contribution is 5.56. The van der Waals surface area contributed by atoms with E-state index in [-0.39, 0.29) is 0 Å². The summed E-state index contributed by atoms with van der Waals surface area (Å²) in [5.41, 5.74) is 3.42. The van der Waals surface area contributed by atoms with Crippen molar-refractivity contribution in [3.05, 3.63) is 29.3 Å². The summed E-state index contributed by atoms with van der Waals surface area (Å²) in [4.78, 5) is 0. The number of rotatable bonds is 4. The van der Waals surface area contributed by atoms with Crippen molar-refractivity contribution in [1.29, 1.82) is 0 Å². The van der Waals surface area contributed by atoms with Crippen LogP contribution >= 0.6 is 0 Å². The molecule has 0 aromatic heterocycles. The van der Waals surface area contributed by atoms with Crippen molar-refractivity contribution in [3.8, 4) is 0 Å². The van der Waals surface area contributed by atoms with Crippen LogP contribution in [0.25, 0.3) is 0 Å². The molecule has 5 heteroatoms. The number of nitrogens with one attached hydrogen (secondary N) is 2. The van der Waals surface area contributed by atoms with Gasteiger partial charge in [-0.2, -0.15) is 13.2 Å². The van der Waals surface area contributed by atoms with Crippen LogP contribution in [0.1, 0.15) is 24.5 Å². The molecule has 1 aromatic carbocycles. The molecule has 100 valence electrons. The third-order valence-electron chi connectivity index (χ3n) is 3.07. The molecule has 1 heterocycles. The second-order valence-electron chi connectivity index (χ2n) is 4.77. The average Bonchev–Trinajstić information content (AvgIpc) is 2.71. The van der Waals surface area contributed by atoms with E-state index in [2.05, 4.69) is 16.7 Å². The third kappa shape index (κ3) is 3.63. The number of hydrogen-bond donors (Lipinski definition) is 2. The largest absolute Gasteiger partial charge is 0.390 e. The predicted molar refractivity (Wildman–Crippen MR) is 65.6 cm³/mol. The highest BCUT2D eigenvalue weighted by Gasteiger charge is 2.29. The summed E-state index contributed by atoms with van der Waals surface area (Å²) in [5, 5.41) is 6.16. The lowest BCUT2D eigenvalue weighted by Gasteiger charge is -2.16. The monoisotopic (exact) mass is 258 g/mol. The highest BCUT2D eigenvalue weighted by Crippen LogP contribution is 2.24. The van der Waals surface area contributed by atoms with Gasteiger partial charge in [0.1, 0.15) is 0 Å². The predicted octanol–water partition coefficient (Wildman–Crippen LogP) is 3.09. The van der Waals surface area contributed by atoms with Crippen LogP contribution < -0.4 is 10.6 Å². The van der Waals surface area contributed by atoms with E-state index in [1.807, 2.05) is 12.1 Å². The van der Waals surface area contributed by atoms with Gasteiger partial charge in [0.25, 0.3) is 0 Å². The van der Waals surface area contributed by atoms with Gasteiger partial charge in [0.05, 0.1) is 6.42 Å². The first-order chi connectivity index (χ1) is 8.44. The normalized spacial score (nSPS) is 16.2. The van der Waals surface area contributed by atoms with E-state index in [4.69, 9.17) is 0 Å². The molecule has 1 atom stereocenters. The minimum Gasteiger partial charge on any atom is -0.384 e.